The third-order valence-corrected chi connectivity index (χ3v) is 8.05. The molecule has 200 valence electrons. The second-order valence-corrected chi connectivity index (χ2v) is 11.6. The second-order valence-electron chi connectivity index (χ2n) is 11.6. The van der Waals surface area contributed by atoms with E-state index in [2.05, 4.69) is 108 Å². The number of aromatic nitrogens is 3. The number of fused-ring (bicyclic) bond motifs is 3. The zero-order chi connectivity index (χ0) is 27.8. The summed E-state index contributed by atoms with van der Waals surface area (Å²) in [6.07, 6.45) is 2.05. The fourth-order valence-electron chi connectivity index (χ4n) is 5.62. The summed E-state index contributed by atoms with van der Waals surface area (Å²) in [7, 11) is 0.500. The lowest BCUT2D eigenvalue weighted by Crippen LogP contribution is -2.18. The Labute approximate surface area is 228 Å². The zero-order valence-electron chi connectivity index (χ0n) is 24.5. The third kappa shape index (κ3) is 4.81. The number of hydrogen-bond acceptors (Lipinski definition) is 2. The largest absolute Gasteiger partial charge is 0.255 e. The summed E-state index contributed by atoms with van der Waals surface area (Å²) in [5, 5.41) is 5.04. The molecule has 1 aromatic heterocycles. The van der Waals surface area contributed by atoms with Crippen molar-refractivity contribution in [3.63, 3.8) is 0 Å². The van der Waals surface area contributed by atoms with E-state index in [-0.39, 0.29) is 5.41 Å². The number of halogens is 1. The van der Waals surface area contributed by atoms with Gasteiger partial charge in [-0.05, 0) is 82.0 Å². The van der Waals surface area contributed by atoms with Crippen molar-refractivity contribution < 1.29 is 4.39 Å². The van der Waals surface area contributed by atoms with E-state index in [1.54, 1.807) is 0 Å². The van der Waals surface area contributed by atoms with Gasteiger partial charge in [-0.25, -0.2) is 9.67 Å². The molecule has 0 unspecified atom stereocenters. The fourth-order valence-corrected chi connectivity index (χ4v) is 5.62. The molecule has 4 heteroatoms. The number of aryl methyl sites for hydroxylation is 1. The van der Waals surface area contributed by atoms with Crippen molar-refractivity contribution in [2.24, 2.45) is 0 Å². The zero-order valence-corrected chi connectivity index (χ0v) is 24.5. The Morgan fingerprint density at radius 2 is 1.47 bits per heavy atom. The van der Waals surface area contributed by atoms with Crippen LogP contribution in [0.25, 0.3) is 28.2 Å². The van der Waals surface area contributed by atoms with Gasteiger partial charge in [0.15, 0.2) is 5.82 Å². The van der Waals surface area contributed by atoms with Gasteiger partial charge in [0.05, 0.1) is 12.9 Å². The van der Waals surface area contributed by atoms with Crippen LogP contribution in [0.2, 0.25) is 0 Å². The monoisotopic (exact) mass is 511 g/mol. The van der Waals surface area contributed by atoms with E-state index < -0.39 is 0 Å². The lowest BCUT2D eigenvalue weighted by atomic mass is 9.78. The van der Waals surface area contributed by atoms with Crippen LogP contribution in [-0.2, 0) is 11.8 Å². The maximum absolute atomic E-state index is 9.50. The van der Waals surface area contributed by atoms with Crippen molar-refractivity contribution in [3.8, 4) is 28.2 Å². The summed E-state index contributed by atoms with van der Waals surface area (Å²) < 4.78 is 11.7. The van der Waals surface area contributed by atoms with Crippen LogP contribution in [0, 0.1) is 6.92 Å². The van der Waals surface area contributed by atoms with Crippen molar-refractivity contribution in [3.05, 3.63) is 88.2 Å². The number of rotatable bonds is 6. The highest BCUT2D eigenvalue weighted by Gasteiger charge is 2.30. The van der Waals surface area contributed by atoms with Gasteiger partial charge in [-0.15, -0.1) is 0 Å². The standard InChI is InChI=1S/C33H39N3.CH3F/c1-9-33(7,8)30-18-24-17-23-13-10-11-14-27(23)28(24)19-29(30)32-34-22(6)35-36(32)31-25(20(2)3)15-12-16-26(31)21(4)5;1-2/h10-16,18-21H,9,17H2,1-8H3;1H3. The first-order valence-corrected chi connectivity index (χ1v) is 13.8. The predicted molar refractivity (Wildman–Crippen MR) is 158 cm³/mol. The SMILES string of the molecule is CCC(C)(C)c1cc2c(cc1-c1nc(C)nn1-c1c(C(C)C)cccc1C(C)C)-c1ccccc1C2.CF. The van der Waals surface area contributed by atoms with E-state index in [4.69, 9.17) is 10.1 Å². The van der Waals surface area contributed by atoms with Gasteiger partial charge in [0.25, 0.3) is 0 Å². The molecule has 0 amide bonds. The molecule has 1 aliphatic carbocycles. The minimum atomic E-state index is 0.0161. The Balaban J connectivity index is 0.00000164. The van der Waals surface area contributed by atoms with Crippen LogP contribution in [0.3, 0.4) is 0 Å². The average molecular weight is 512 g/mol. The summed E-state index contributed by atoms with van der Waals surface area (Å²) >= 11 is 0. The quantitative estimate of drug-likeness (QED) is 0.227. The first-order valence-electron chi connectivity index (χ1n) is 13.8. The van der Waals surface area contributed by atoms with Crippen molar-refractivity contribution in [1.82, 2.24) is 14.8 Å². The van der Waals surface area contributed by atoms with E-state index in [0.717, 1.165) is 24.5 Å². The highest BCUT2D eigenvalue weighted by atomic mass is 19.1. The molecule has 0 saturated carbocycles. The molecule has 1 heterocycles. The van der Waals surface area contributed by atoms with Crippen LogP contribution in [0.5, 0.6) is 0 Å². The number of benzene rings is 3. The minimum Gasteiger partial charge on any atom is -0.255 e. The van der Waals surface area contributed by atoms with Gasteiger partial charge in [0.1, 0.15) is 5.82 Å². The van der Waals surface area contributed by atoms with Gasteiger partial charge >= 0.3 is 0 Å². The maximum Gasteiger partial charge on any atom is 0.163 e. The average Bonchev–Trinajstić information content (AvgIpc) is 3.48. The molecule has 0 bridgehead atoms. The number of alkyl halides is 1. The lowest BCUT2D eigenvalue weighted by molar-refractivity contribution is 0.507. The lowest BCUT2D eigenvalue weighted by Gasteiger charge is -2.28. The van der Waals surface area contributed by atoms with Crippen LogP contribution < -0.4 is 0 Å². The number of nitrogens with zero attached hydrogens (tertiary/aromatic N) is 3. The normalized spacial score (nSPS) is 12.4. The van der Waals surface area contributed by atoms with E-state index in [0.29, 0.717) is 19.0 Å². The van der Waals surface area contributed by atoms with Crippen molar-refractivity contribution in [2.75, 3.05) is 7.18 Å². The van der Waals surface area contributed by atoms with Crippen LogP contribution in [0.4, 0.5) is 4.39 Å². The Morgan fingerprint density at radius 1 is 0.842 bits per heavy atom. The topological polar surface area (TPSA) is 30.7 Å². The van der Waals surface area contributed by atoms with Crippen molar-refractivity contribution in [2.45, 2.75) is 85.5 Å². The molecule has 3 nitrogen and oxygen atoms in total. The Bertz CT molecular complexity index is 1420. The van der Waals surface area contributed by atoms with Crippen molar-refractivity contribution in [1.29, 1.82) is 0 Å². The van der Waals surface area contributed by atoms with Crippen LogP contribution in [0.15, 0.2) is 54.6 Å². The third-order valence-electron chi connectivity index (χ3n) is 8.05. The van der Waals surface area contributed by atoms with Crippen LogP contribution >= 0.6 is 0 Å². The molecule has 1 aliphatic rings. The molecule has 3 aromatic carbocycles. The number of hydrogen-bond donors (Lipinski definition) is 0. The molecule has 0 atom stereocenters. The Morgan fingerprint density at radius 3 is 2.08 bits per heavy atom. The smallest absolute Gasteiger partial charge is 0.163 e. The van der Waals surface area contributed by atoms with E-state index in [1.165, 1.54) is 50.2 Å². The molecule has 0 spiro atoms. The number of para-hydroxylation sites is 1. The van der Waals surface area contributed by atoms with Gasteiger partial charge in [0, 0.05) is 5.56 Å². The molecule has 4 aromatic rings. The highest BCUT2D eigenvalue weighted by molar-refractivity contribution is 5.82. The van der Waals surface area contributed by atoms with Crippen LogP contribution in [0.1, 0.15) is 100 Å². The van der Waals surface area contributed by atoms with Gasteiger partial charge in [-0.1, -0.05) is 97.0 Å². The van der Waals surface area contributed by atoms with E-state index in [1.807, 2.05) is 6.92 Å². The summed E-state index contributed by atoms with van der Waals surface area (Å²) in [5.41, 5.74) is 11.9. The molecular weight excluding hydrogens is 469 g/mol. The molecule has 38 heavy (non-hydrogen) atoms. The molecule has 0 aliphatic heterocycles. The summed E-state index contributed by atoms with van der Waals surface area (Å²) in [6.45, 7) is 18.1. The summed E-state index contributed by atoms with van der Waals surface area (Å²) in [4.78, 5) is 5.10. The first kappa shape index (κ1) is 27.8. The van der Waals surface area contributed by atoms with Gasteiger partial charge in [-0.3, -0.25) is 4.39 Å². The summed E-state index contributed by atoms with van der Waals surface area (Å²) in [5.74, 6) is 2.52. The van der Waals surface area contributed by atoms with E-state index >= 15 is 0 Å². The molecular formula is C34H42FN3. The fraction of sp³-hybridized carbons (Fsp3) is 0.412. The predicted octanol–water partition coefficient (Wildman–Crippen LogP) is 9.33. The van der Waals surface area contributed by atoms with Gasteiger partial charge < -0.3 is 0 Å². The van der Waals surface area contributed by atoms with Gasteiger partial charge in [-0.2, -0.15) is 5.10 Å². The maximum atomic E-state index is 9.50. The minimum absolute atomic E-state index is 0.0161. The van der Waals surface area contributed by atoms with E-state index in [9.17, 15) is 4.39 Å². The summed E-state index contributed by atoms with van der Waals surface area (Å²) in [6, 6.07) is 20.4. The molecule has 5 rings (SSSR count). The Hall–Kier alpha value is -3.27. The first-order chi connectivity index (χ1) is 18.1. The molecule has 0 radical (unpaired) electrons. The molecule has 0 saturated heterocycles. The van der Waals surface area contributed by atoms with Crippen molar-refractivity contribution >= 4 is 0 Å². The molecule has 0 N–H and O–H groups in total. The second kappa shape index (κ2) is 10.8. The Kier molecular flexibility index (Phi) is 7.92. The van der Waals surface area contributed by atoms with Gasteiger partial charge in [0.2, 0.25) is 0 Å². The van der Waals surface area contributed by atoms with Crippen LogP contribution in [-0.4, -0.2) is 21.9 Å². The molecule has 0 fully saturated rings. The highest BCUT2D eigenvalue weighted by Crippen LogP contribution is 2.45.